The van der Waals surface area contributed by atoms with Gasteiger partial charge >= 0.3 is 0 Å². The van der Waals surface area contributed by atoms with Gasteiger partial charge in [0.1, 0.15) is 11.5 Å². The molecule has 0 aromatic carbocycles. The lowest BCUT2D eigenvalue weighted by atomic mass is 9.92. The predicted molar refractivity (Wildman–Crippen MR) is 95.4 cm³/mol. The lowest BCUT2D eigenvalue weighted by Gasteiger charge is -2.26. The van der Waals surface area contributed by atoms with Gasteiger partial charge in [0, 0.05) is 31.5 Å². The second-order valence-corrected chi connectivity index (χ2v) is 8.60. The summed E-state index contributed by atoms with van der Waals surface area (Å²) in [6.45, 7) is -0.0504. The van der Waals surface area contributed by atoms with E-state index < -0.39 is 33.9 Å². The highest BCUT2D eigenvalue weighted by Gasteiger charge is 2.54. The topological polar surface area (TPSA) is 140 Å². The summed E-state index contributed by atoms with van der Waals surface area (Å²) in [5.41, 5.74) is 5.44. The van der Waals surface area contributed by atoms with E-state index in [0.717, 1.165) is 4.31 Å². The fraction of sp³-hybridized carbons (Fsp3) is 0.471. The van der Waals surface area contributed by atoms with Gasteiger partial charge in [-0.15, -0.1) is 0 Å². The largest absolute Gasteiger partial charge is 0.370 e. The number of aromatic nitrogens is 1. The fourth-order valence-electron chi connectivity index (χ4n) is 3.57. The average Bonchev–Trinajstić information content (AvgIpc) is 3.17. The van der Waals surface area contributed by atoms with Gasteiger partial charge in [-0.3, -0.25) is 19.4 Å². The van der Waals surface area contributed by atoms with Crippen molar-refractivity contribution >= 4 is 27.5 Å². The molecule has 2 aliphatic heterocycles. The van der Waals surface area contributed by atoms with E-state index in [1.54, 1.807) is 18.2 Å². The second-order valence-electron chi connectivity index (χ2n) is 6.68. The summed E-state index contributed by atoms with van der Waals surface area (Å²) in [6.07, 6.45) is 3.09. The Labute approximate surface area is 157 Å². The number of ketones is 2. The first-order valence-electron chi connectivity index (χ1n) is 8.60. The smallest absolute Gasteiger partial charge is 0.220 e. The molecule has 3 heterocycles. The number of nitrogens with zero attached hydrogens (tertiary/aromatic N) is 2. The third-order valence-corrected chi connectivity index (χ3v) is 6.57. The van der Waals surface area contributed by atoms with Crippen molar-refractivity contribution in [3.05, 3.63) is 36.5 Å². The molecule has 2 saturated heterocycles. The molecule has 145 valence electrons. The van der Waals surface area contributed by atoms with Crippen molar-refractivity contribution in [1.82, 2.24) is 14.6 Å². The summed E-state index contributed by atoms with van der Waals surface area (Å²) in [7, 11) is -3.83. The Bertz CT molecular complexity index is 842. The van der Waals surface area contributed by atoms with E-state index in [1.165, 1.54) is 12.6 Å². The van der Waals surface area contributed by atoms with E-state index in [4.69, 9.17) is 5.73 Å². The number of Topliss-reactive ketones (excluding diaryl/α,β-unsaturated/α-hetero) is 2. The first kappa shape index (κ1) is 19.6. The SMILES string of the molecule is NC(=O)CC[CH]C(=O)C1CNC2C(=O)CN(S(=O)(=O)Cc3ccccn3)C12. The number of amides is 1. The number of hydrogen-bond donors (Lipinski definition) is 2. The third-order valence-electron chi connectivity index (χ3n) is 4.82. The number of hydrogen-bond acceptors (Lipinski definition) is 7. The molecule has 1 aromatic rings. The Balaban J connectivity index is 1.76. The van der Waals surface area contributed by atoms with Crippen molar-refractivity contribution in [1.29, 1.82) is 0 Å². The van der Waals surface area contributed by atoms with Gasteiger partial charge in [-0.1, -0.05) is 6.07 Å². The lowest BCUT2D eigenvalue weighted by molar-refractivity contribution is -0.120. The van der Waals surface area contributed by atoms with Gasteiger partial charge < -0.3 is 11.1 Å². The number of rotatable bonds is 8. The number of primary amides is 1. The summed E-state index contributed by atoms with van der Waals surface area (Å²) in [5, 5.41) is 2.96. The monoisotopic (exact) mass is 393 g/mol. The first-order chi connectivity index (χ1) is 12.8. The van der Waals surface area contributed by atoms with Crippen LogP contribution in [-0.2, 0) is 30.2 Å². The number of sulfonamides is 1. The average molecular weight is 393 g/mol. The molecule has 9 nitrogen and oxygen atoms in total. The summed E-state index contributed by atoms with van der Waals surface area (Å²) in [4.78, 5) is 39.6. The molecule has 0 aliphatic carbocycles. The number of carbonyl (C=O) groups is 3. The highest BCUT2D eigenvalue weighted by molar-refractivity contribution is 7.88. The number of nitrogens with one attached hydrogen (secondary N) is 1. The van der Waals surface area contributed by atoms with Gasteiger partial charge in [-0.05, 0) is 18.6 Å². The Hall–Kier alpha value is -2.17. The molecule has 1 amide bonds. The highest BCUT2D eigenvalue weighted by atomic mass is 32.2. The molecule has 3 rings (SSSR count). The van der Waals surface area contributed by atoms with Crippen LogP contribution in [0.1, 0.15) is 18.5 Å². The zero-order valence-electron chi connectivity index (χ0n) is 14.6. The van der Waals surface area contributed by atoms with E-state index >= 15 is 0 Å². The van der Waals surface area contributed by atoms with Crippen molar-refractivity contribution in [3.63, 3.8) is 0 Å². The van der Waals surface area contributed by atoms with Crippen LogP contribution in [0.5, 0.6) is 0 Å². The van der Waals surface area contributed by atoms with Crippen molar-refractivity contribution < 1.29 is 22.8 Å². The molecule has 0 saturated carbocycles. The van der Waals surface area contributed by atoms with E-state index in [9.17, 15) is 22.8 Å². The van der Waals surface area contributed by atoms with Crippen LogP contribution in [0.25, 0.3) is 0 Å². The summed E-state index contributed by atoms with van der Waals surface area (Å²) in [5.74, 6) is -2.07. The highest BCUT2D eigenvalue weighted by Crippen LogP contribution is 2.32. The normalized spacial score (nSPS) is 25.5. The Morgan fingerprint density at radius 1 is 1.37 bits per heavy atom. The Morgan fingerprint density at radius 3 is 2.81 bits per heavy atom. The number of pyridine rings is 1. The third kappa shape index (κ3) is 4.23. The quantitative estimate of drug-likeness (QED) is 0.565. The lowest BCUT2D eigenvalue weighted by Crippen LogP contribution is -2.45. The number of fused-ring (bicyclic) bond motifs is 1. The minimum Gasteiger partial charge on any atom is -0.370 e. The first-order valence-corrected chi connectivity index (χ1v) is 10.2. The molecule has 0 spiro atoms. The molecule has 27 heavy (non-hydrogen) atoms. The van der Waals surface area contributed by atoms with E-state index in [2.05, 4.69) is 10.3 Å². The zero-order chi connectivity index (χ0) is 19.6. The molecule has 3 atom stereocenters. The van der Waals surface area contributed by atoms with E-state index in [-0.39, 0.29) is 43.3 Å². The summed E-state index contributed by atoms with van der Waals surface area (Å²) < 4.78 is 26.9. The van der Waals surface area contributed by atoms with Crippen LogP contribution in [0.3, 0.4) is 0 Å². The van der Waals surface area contributed by atoms with Crippen LogP contribution >= 0.6 is 0 Å². The predicted octanol–water partition coefficient (Wildman–Crippen LogP) is -1.21. The van der Waals surface area contributed by atoms with Crippen molar-refractivity contribution in [3.8, 4) is 0 Å². The molecule has 10 heteroatoms. The maximum absolute atomic E-state index is 12.9. The zero-order valence-corrected chi connectivity index (χ0v) is 15.4. The van der Waals surface area contributed by atoms with E-state index in [0.29, 0.717) is 5.69 Å². The van der Waals surface area contributed by atoms with Crippen LogP contribution in [-0.4, -0.2) is 60.4 Å². The molecule has 1 aromatic heterocycles. The molecule has 3 N–H and O–H groups in total. The Morgan fingerprint density at radius 2 is 2.15 bits per heavy atom. The van der Waals surface area contributed by atoms with Gasteiger partial charge in [0.05, 0.1) is 24.3 Å². The van der Waals surface area contributed by atoms with Gasteiger partial charge in [0.15, 0.2) is 5.78 Å². The van der Waals surface area contributed by atoms with Crippen molar-refractivity contribution in [2.45, 2.75) is 30.7 Å². The summed E-state index contributed by atoms with van der Waals surface area (Å²) >= 11 is 0. The molecule has 3 unspecified atom stereocenters. The summed E-state index contributed by atoms with van der Waals surface area (Å²) in [6, 6.07) is 3.52. The molecule has 0 bridgehead atoms. The molecule has 2 fully saturated rings. The molecular formula is C17H21N4O5S. The molecule has 1 radical (unpaired) electrons. The molecular weight excluding hydrogens is 372 g/mol. The van der Waals surface area contributed by atoms with Crippen LogP contribution in [0.2, 0.25) is 0 Å². The van der Waals surface area contributed by atoms with Crippen LogP contribution in [0.4, 0.5) is 0 Å². The van der Waals surface area contributed by atoms with Crippen LogP contribution < -0.4 is 11.1 Å². The molecule has 2 aliphatic rings. The van der Waals surface area contributed by atoms with Crippen LogP contribution in [0, 0.1) is 12.3 Å². The van der Waals surface area contributed by atoms with Gasteiger partial charge in [-0.2, -0.15) is 4.31 Å². The fourth-order valence-corrected chi connectivity index (χ4v) is 5.24. The second kappa shape index (κ2) is 7.83. The van der Waals surface area contributed by atoms with Crippen LogP contribution in [0.15, 0.2) is 24.4 Å². The Kier molecular flexibility index (Phi) is 5.68. The van der Waals surface area contributed by atoms with Crippen molar-refractivity contribution in [2.75, 3.05) is 13.1 Å². The standard InChI is InChI=1S/C17H21N4O5S/c18-15(24)6-3-5-13(22)12-8-20-16-14(23)9-21(17(12)16)27(25,26)10-11-4-1-2-7-19-11/h1-2,4-5,7,12,16-17,20H,3,6,8-10H2,(H2,18,24). The van der Waals surface area contributed by atoms with Gasteiger partial charge in [0.25, 0.3) is 0 Å². The maximum atomic E-state index is 12.9. The minimum atomic E-state index is -3.83. The number of nitrogens with two attached hydrogens (primary N) is 1. The number of carbonyl (C=O) groups excluding carboxylic acids is 3. The van der Waals surface area contributed by atoms with Gasteiger partial charge in [0.2, 0.25) is 15.9 Å². The minimum absolute atomic E-state index is 0.0423. The van der Waals surface area contributed by atoms with Crippen molar-refractivity contribution in [2.24, 2.45) is 11.7 Å². The van der Waals surface area contributed by atoms with Gasteiger partial charge in [-0.25, -0.2) is 8.42 Å². The van der Waals surface area contributed by atoms with E-state index in [1.807, 2.05) is 0 Å². The maximum Gasteiger partial charge on any atom is 0.220 e.